The summed E-state index contributed by atoms with van der Waals surface area (Å²) in [5, 5.41) is 14.0. The monoisotopic (exact) mass is 259 g/mol. The third kappa shape index (κ3) is 4.16. The number of nitrogens with one attached hydrogen (secondary N) is 1. The van der Waals surface area contributed by atoms with E-state index < -0.39 is 4.92 Å². The van der Waals surface area contributed by atoms with Crippen molar-refractivity contribution in [2.75, 3.05) is 25.6 Å². The van der Waals surface area contributed by atoms with Gasteiger partial charge in [0.2, 0.25) is 0 Å². The van der Waals surface area contributed by atoms with Gasteiger partial charge in [-0.3, -0.25) is 15.1 Å². The molecule has 0 aliphatic rings. The van der Waals surface area contributed by atoms with E-state index >= 15 is 0 Å². The Labute approximate surface area is 104 Å². The second kappa shape index (κ2) is 7.03. The highest BCUT2D eigenvalue weighted by molar-refractivity contribution is 6.33. The average Bonchev–Trinajstić information content (AvgIpc) is 2.30. The van der Waals surface area contributed by atoms with E-state index in [1.165, 1.54) is 12.4 Å². The molecule has 1 rings (SSSR count). The number of nitro groups is 1. The van der Waals surface area contributed by atoms with Crippen LogP contribution in [-0.2, 0) is 4.74 Å². The molecule has 0 spiro atoms. The van der Waals surface area contributed by atoms with Gasteiger partial charge in [-0.05, 0) is 12.8 Å². The molecule has 0 aromatic carbocycles. The fourth-order valence-electron chi connectivity index (χ4n) is 1.32. The largest absolute Gasteiger partial charge is 0.385 e. The summed E-state index contributed by atoms with van der Waals surface area (Å²) in [5.74, 6) is 0. The van der Waals surface area contributed by atoms with Gasteiger partial charge in [0.1, 0.15) is 11.9 Å². The SMILES string of the molecule is COCCCCNc1c(Cl)cncc1[N+](=O)[O-]. The highest BCUT2D eigenvalue weighted by Crippen LogP contribution is 2.30. The molecule has 0 saturated heterocycles. The van der Waals surface area contributed by atoms with Crippen molar-refractivity contribution in [3.05, 3.63) is 27.5 Å². The van der Waals surface area contributed by atoms with Crippen LogP contribution >= 0.6 is 11.6 Å². The predicted molar refractivity (Wildman–Crippen MR) is 65.5 cm³/mol. The number of ether oxygens (including phenoxy) is 1. The van der Waals surface area contributed by atoms with Gasteiger partial charge in [0, 0.05) is 26.5 Å². The summed E-state index contributed by atoms with van der Waals surface area (Å²) in [7, 11) is 1.64. The number of unbranched alkanes of at least 4 members (excludes halogenated alkanes) is 1. The second-order valence-electron chi connectivity index (χ2n) is 3.40. The Hall–Kier alpha value is -1.40. The molecule has 0 aliphatic carbocycles. The lowest BCUT2D eigenvalue weighted by atomic mass is 10.3. The van der Waals surface area contributed by atoms with Gasteiger partial charge in [0.25, 0.3) is 0 Å². The molecule has 1 aromatic heterocycles. The summed E-state index contributed by atoms with van der Waals surface area (Å²) in [6, 6.07) is 0. The molecule has 0 fully saturated rings. The van der Waals surface area contributed by atoms with Crippen molar-refractivity contribution in [1.29, 1.82) is 0 Å². The zero-order valence-corrected chi connectivity index (χ0v) is 10.2. The number of nitrogens with zero attached hydrogens (tertiary/aromatic N) is 2. The molecule has 1 N–H and O–H groups in total. The summed E-state index contributed by atoms with van der Waals surface area (Å²) in [6.45, 7) is 1.28. The van der Waals surface area contributed by atoms with Crippen LogP contribution in [-0.4, -0.2) is 30.2 Å². The number of pyridine rings is 1. The minimum absolute atomic E-state index is 0.107. The Morgan fingerprint density at radius 1 is 1.53 bits per heavy atom. The number of aromatic nitrogens is 1. The number of anilines is 1. The zero-order chi connectivity index (χ0) is 12.7. The molecule has 7 heteroatoms. The topological polar surface area (TPSA) is 77.3 Å². The molecule has 1 heterocycles. The van der Waals surface area contributed by atoms with Crippen molar-refractivity contribution >= 4 is 23.0 Å². The number of methoxy groups -OCH3 is 1. The number of rotatable bonds is 7. The van der Waals surface area contributed by atoms with Crippen molar-refractivity contribution in [3.63, 3.8) is 0 Å². The highest BCUT2D eigenvalue weighted by atomic mass is 35.5. The van der Waals surface area contributed by atoms with Crippen molar-refractivity contribution in [2.24, 2.45) is 0 Å². The molecule has 6 nitrogen and oxygen atoms in total. The van der Waals surface area contributed by atoms with Gasteiger partial charge in [0.05, 0.1) is 9.95 Å². The molecule has 0 saturated carbocycles. The minimum atomic E-state index is -0.504. The van der Waals surface area contributed by atoms with Crippen LogP contribution in [0.25, 0.3) is 0 Å². The van der Waals surface area contributed by atoms with Crippen LogP contribution in [0.15, 0.2) is 12.4 Å². The van der Waals surface area contributed by atoms with E-state index in [4.69, 9.17) is 16.3 Å². The lowest BCUT2D eigenvalue weighted by Gasteiger charge is -2.07. The molecular formula is C10H14ClN3O3. The molecule has 17 heavy (non-hydrogen) atoms. The van der Waals surface area contributed by atoms with Gasteiger partial charge in [0.15, 0.2) is 0 Å². The molecule has 0 aliphatic heterocycles. The van der Waals surface area contributed by atoms with Crippen molar-refractivity contribution in [1.82, 2.24) is 4.98 Å². The van der Waals surface area contributed by atoms with Gasteiger partial charge in [-0.1, -0.05) is 11.6 Å². The summed E-state index contributed by atoms with van der Waals surface area (Å²) in [5.41, 5.74) is 0.216. The van der Waals surface area contributed by atoms with Crippen LogP contribution < -0.4 is 5.32 Å². The maximum Gasteiger partial charge on any atom is 0.311 e. The Bertz CT molecular complexity index is 387. The number of hydrogen-bond donors (Lipinski definition) is 1. The van der Waals surface area contributed by atoms with Crippen LogP contribution in [0.4, 0.5) is 11.4 Å². The normalized spacial score (nSPS) is 10.2. The van der Waals surface area contributed by atoms with E-state index in [9.17, 15) is 10.1 Å². The molecule has 94 valence electrons. The maximum absolute atomic E-state index is 10.8. The van der Waals surface area contributed by atoms with E-state index in [0.717, 1.165) is 12.8 Å². The fourth-order valence-corrected chi connectivity index (χ4v) is 1.54. The minimum Gasteiger partial charge on any atom is -0.385 e. The lowest BCUT2D eigenvalue weighted by molar-refractivity contribution is -0.384. The quantitative estimate of drug-likeness (QED) is 0.462. The van der Waals surface area contributed by atoms with Crippen LogP contribution in [0.3, 0.4) is 0 Å². The second-order valence-corrected chi connectivity index (χ2v) is 3.81. The first kappa shape index (κ1) is 13.7. The van der Waals surface area contributed by atoms with Crippen molar-refractivity contribution in [3.8, 4) is 0 Å². The zero-order valence-electron chi connectivity index (χ0n) is 9.48. The fraction of sp³-hybridized carbons (Fsp3) is 0.500. The number of halogens is 1. The van der Waals surface area contributed by atoms with E-state index in [1.54, 1.807) is 7.11 Å². The smallest absolute Gasteiger partial charge is 0.311 e. The Balaban J connectivity index is 2.60. The number of hydrogen-bond acceptors (Lipinski definition) is 5. The first-order chi connectivity index (χ1) is 8.16. The van der Waals surface area contributed by atoms with Crippen molar-refractivity contribution < 1.29 is 9.66 Å². The Kier molecular flexibility index (Phi) is 5.65. The average molecular weight is 260 g/mol. The third-order valence-corrected chi connectivity index (χ3v) is 2.44. The van der Waals surface area contributed by atoms with Crippen molar-refractivity contribution in [2.45, 2.75) is 12.8 Å². The molecule has 0 amide bonds. The van der Waals surface area contributed by atoms with Gasteiger partial charge in [-0.15, -0.1) is 0 Å². The van der Waals surface area contributed by atoms with E-state index in [2.05, 4.69) is 10.3 Å². The van der Waals surface area contributed by atoms with E-state index in [1.807, 2.05) is 0 Å². The first-order valence-electron chi connectivity index (χ1n) is 5.17. The summed E-state index contributed by atoms with van der Waals surface area (Å²) < 4.78 is 4.91. The molecule has 0 unspecified atom stereocenters. The first-order valence-corrected chi connectivity index (χ1v) is 5.55. The molecular weight excluding hydrogens is 246 g/mol. The summed E-state index contributed by atoms with van der Waals surface area (Å²) in [4.78, 5) is 13.9. The van der Waals surface area contributed by atoms with Gasteiger partial charge in [-0.25, -0.2) is 0 Å². The van der Waals surface area contributed by atoms with Crippen LogP contribution in [0.5, 0.6) is 0 Å². The molecule has 0 atom stereocenters. The lowest BCUT2D eigenvalue weighted by Crippen LogP contribution is -2.06. The molecule has 1 aromatic rings. The van der Waals surface area contributed by atoms with Crippen LogP contribution in [0.1, 0.15) is 12.8 Å². The predicted octanol–water partition coefficient (Wildman–Crippen LogP) is 2.48. The summed E-state index contributed by atoms with van der Waals surface area (Å²) >= 11 is 5.86. The third-order valence-electron chi connectivity index (χ3n) is 2.15. The maximum atomic E-state index is 10.8. The van der Waals surface area contributed by atoms with Gasteiger partial charge >= 0.3 is 5.69 Å². The van der Waals surface area contributed by atoms with Gasteiger partial charge in [-0.2, -0.15) is 0 Å². The van der Waals surface area contributed by atoms with Gasteiger partial charge < -0.3 is 10.1 Å². The molecule has 0 bridgehead atoms. The van der Waals surface area contributed by atoms with E-state index in [-0.39, 0.29) is 10.7 Å². The van der Waals surface area contributed by atoms with Crippen LogP contribution in [0.2, 0.25) is 5.02 Å². The standard InChI is InChI=1S/C10H14ClN3O3/c1-17-5-3-2-4-13-10-8(11)6-12-7-9(10)14(15)16/h6-7H,2-5H2,1H3,(H,12,13). The Morgan fingerprint density at radius 3 is 2.94 bits per heavy atom. The van der Waals surface area contributed by atoms with E-state index in [0.29, 0.717) is 18.8 Å². The Morgan fingerprint density at radius 2 is 2.29 bits per heavy atom. The highest BCUT2D eigenvalue weighted by Gasteiger charge is 2.16. The van der Waals surface area contributed by atoms with Crippen LogP contribution in [0, 0.1) is 10.1 Å². The summed E-state index contributed by atoms with van der Waals surface area (Å²) in [6.07, 6.45) is 4.30. The molecule has 0 radical (unpaired) electrons.